The summed E-state index contributed by atoms with van der Waals surface area (Å²) in [5.41, 5.74) is 0. The van der Waals surface area contributed by atoms with E-state index in [-0.39, 0.29) is 0 Å². The van der Waals surface area contributed by atoms with Crippen molar-refractivity contribution >= 4 is 0 Å². The van der Waals surface area contributed by atoms with Gasteiger partial charge >= 0.3 is 0 Å². The summed E-state index contributed by atoms with van der Waals surface area (Å²) in [5, 5.41) is 0. The van der Waals surface area contributed by atoms with Gasteiger partial charge in [-0.15, -0.1) is 0 Å². The van der Waals surface area contributed by atoms with E-state index in [0.29, 0.717) is 6.42 Å². The molecule has 0 aromatic rings. The minimum Gasteiger partial charge on any atom is -0.212 e. The fourth-order valence-electron chi connectivity index (χ4n) is 0.239. The Hall–Kier alpha value is -0.330. The summed E-state index contributed by atoms with van der Waals surface area (Å²) < 4.78 is 11.4. The third-order valence-corrected chi connectivity index (χ3v) is 0.489. The van der Waals surface area contributed by atoms with E-state index in [2.05, 4.69) is 6.58 Å². The van der Waals surface area contributed by atoms with Crippen LogP contribution in [0.2, 0.25) is 0 Å². The average Bonchev–Trinajstić information content (AvgIpc) is 1.35. The summed E-state index contributed by atoms with van der Waals surface area (Å²) in [5.74, 6) is -0.461. The average molecular weight is 87.1 g/mol. The number of halogens is 1. The topological polar surface area (TPSA) is 0 Å². The highest BCUT2D eigenvalue weighted by molar-refractivity contribution is 4.73. The van der Waals surface area contributed by atoms with Crippen molar-refractivity contribution in [3.05, 3.63) is 12.4 Å². The van der Waals surface area contributed by atoms with E-state index < -0.39 is 5.83 Å². The predicted molar refractivity (Wildman–Crippen MR) is 23.8 cm³/mol. The number of hydrogen-bond acceptors (Lipinski definition) is 0. The van der Waals surface area contributed by atoms with E-state index in [1.807, 2.05) is 6.92 Å². The van der Waals surface area contributed by atoms with Crippen LogP contribution in [0.4, 0.5) is 4.39 Å². The van der Waals surface area contributed by atoms with Gasteiger partial charge in [-0.3, -0.25) is 0 Å². The second-order valence-electron chi connectivity index (χ2n) is 1.20. The Morgan fingerprint density at radius 3 is 2.33 bits per heavy atom. The largest absolute Gasteiger partial charge is 0.212 e. The summed E-state index contributed by atoms with van der Waals surface area (Å²) in [6.45, 7) is 6.53. The van der Waals surface area contributed by atoms with Crippen LogP contribution >= 0.6 is 0 Å². The molecule has 0 saturated carbocycles. The lowest BCUT2D eigenvalue weighted by Crippen LogP contribution is -1.64. The first-order chi connectivity index (χ1) is 2.77. The van der Waals surface area contributed by atoms with Gasteiger partial charge in [0.1, 0.15) is 0 Å². The second-order valence-corrected chi connectivity index (χ2v) is 1.20. The molecule has 1 heteroatoms. The zero-order valence-corrected chi connectivity index (χ0v) is 3.87. The van der Waals surface area contributed by atoms with Crippen LogP contribution in [0.1, 0.15) is 19.8 Å². The maximum atomic E-state index is 11.4. The van der Waals surface area contributed by atoms with Crippen molar-refractivity contribution in [3.8, 4) is 0 Å². The first kappa shape index (κ1) is 5.67. The van der Waals surface area contributed by atoms with E-state index in [1.165, 1.54) is 0 Å². The molecule has 0 heterocycles. The molecule has 35 valence electrons. The molecule has 1 radical (unpaired) electrons. The van der Waals surface area contributed by atoms with Crippen molar-refractivity contribution in [1.29, 1.82) is 0 Å². The van der Waals surface area contributed by atoms with Crippen LogP contribution in [0, 0.1) is 6.58 Å². The molecule has 0 N–H and O–H groups in total. The van der Waals surface area contributed by atoms with Gasteiger partial charge in [-0.1, -0.05) is 6.92 Å². The highest BCUT2D eigenvalue weighted by Gasteiger charge is 1.81. The first-order valence-corrected chi connectivity index (χ1v) is 2.04. The standard InChI is InChI=1S/C5H8F/c1-3-4-5(2)6/h2H,3-4H2,1H3. The Bertz CT molecular complexity index is 47.9. The summed E-state index contributed by atoms with van der Waals surface area (Å²) in [6.07, 6.45) is 1.20. The molecule has 0 bridgehead atoms. The molecule has 0 aliphatic rings. The van der Waals surface area contributed by atoms with Crippen LogP contribution in [0.15, 0.2) is 5.83 Å². The van der Waals surface area contributed by atoms with E-state index in [0.717, 1.165) is 6.42 Å². The van der Waals surface area contributed by atoms with Crippen molar-refractivity contribution in [1.82, 2.24) is 0 Å². The van der Waals surface area contributed by atoms with E-state index in [9.17, 15) is 4.39 Å². The van der Waals surface area contributed by atoms with E-state index >= 15 is 0 Å². The molecule has 0 aromatic carbocycles. The predicted octanol–water partition coefficient (Wildman–Crippen LogP) is 2.07. The number of hydrogen-bond donors (Lipinski definition) is 0. The molecule has 0 aliphatic heterocycles. The van der Waals surface area contributed by atoms with Gasteiger partial charge in [-0.2, -0.15) is 0 Å². The van der Waals surface area contributed by atoms with Gasteiger partial charge in [-0.25, -0.2) is 4.39 Å². The molecular weight excluding hydrogens is 79.1 g/mol. The third kappa shape index (κ3) is 3.67. The Labute approximate surface area is 37.7 Å². The minimum absolute atomic E-state index is 0.403. The highest BCUT2D eigenvalue weighted by Crippen LogP contribution is 1.99. The van der Waals surface area contributed by atoms with Crippen molar-refractivity contribution < 1.29 is 4.39 Å². The Balaban J connectivity index is 2.83. The van der Waals surface area contributed by atoms with Crippen LogP contribution in [0.25, 0.3) is 0 Å². The molecule has 6 heavy (non-hydrogen) atoms. The van der Waals surface area contributed by atoms with Gasteiger partial charge in [0.2, 0.25) is 0 Å². The normalized spacial score (nSPS) is 8.33. The van der Waals surface area contributed by atoms with E-state index in [4.69, 9.17) is 0 Å². The van der Waals surface area contributed by atoms with Gasteiger partial charge in [0.15, 0.2) is 0 Å². The molecule has 0 aliphatic carbocycles. The molecule has 0 saturated heterocycles. The van der Waals surface area contributed by atoms with Gasteiger partial charge in [0, 0.05) is 0 Å². The Morgan fingerprint density at radius 1 is 1.83 bits per heavy atom. The monoisotopic (exact) mass is 87.1 g/mol. The van der Waals surface area contributed by atoms with Crippen LogP contribution in [0.3, 0.4) is 0 Å². The maximum absolute atomic E-state index is 11.4. The van der Waals surface area contributed by atoms with Crippen molar-refractivity contribution in [2.45, 2.75) is 19.8 Å². The fourth-order valence-corrected chi connectivity index (χ4v) is 0.239. The van der Waals surface area contributed by atoms with Crippen molar-refractivity contribution in [2.75, 3.05) is 0 Å². The fraction of sp³-hybridized carbons (Fsp3) is 0.600. The Kier molecular flexibility index (Phi) is 2.73. The molecule has 0 unspecified atom stereocenters. The lowest BCUT2D eigenvalue weighted by Gasteiger charge is -1.82. The molecule has 0 nitrogen and oxygen atoms in total. The van der Waals surface area contributed by atoms with Gasteiger partial charge < -0.3 is 0 Å². The van der Waals surface area contributed by atoms with Crippen LogP contribution in [-0.4, -0.2) is 0 Å². The molecule has 0 atom stereocenters. The summed E-state index contributed by atoms with van der Waals surface area (Å²) in [6, 6.07) is 0. The molecule has 0 amide bonds. The zero-order chi connectivity index (χ0) is 4.99. The van der Waals surface area contributed by atoms with Gasteiger partial charge in [0.05, 0.1) is 5.83 Å². The molecule has 0 fully saturated rings. The van der Waals surface area contributed by atoms with Gasteiger partial charge in [0.25, 0.3) is 0 Å². The van der Waals surface area contributed by atoms with Crippen LogP contribution in [-0.2, 0) is 0 Å². The van der Waals surface area contributed by atoms with Crippen molar-refractivity contribution in [3.63, 3.8) is 0 Å². The summed E-state index contributed by atoms with van der Waals surface area (Å²) in [4.78, 5) is 0. The number of rotatable bonds is 2. The third-order valence-electron chi connectivity index (χ3n) is 0.489. The lowest BCUT2D eigenvalue weighted by molar-refractivity contribution is 0.585. The van der Waals surface area contributed by atoms with Crippen LogP contribution in [0.5, 0.6) is 0 Å². The van der Waals surface area contributed by atoms with Gasteiger partial charge in [-0.05, 0) is 19.4 Å². The molecule has 0 spiro atoms. The molecular formula is C5H8F. The Morgan fingerprint density at radius 2 is 2.33 bits per heavy atom. The lowest BCUT2D eigenvalue weighted by atomic mass is 10.3. The minimum atomic E-state index is -0.461. The highest BCUT2D eigenvalue weighted by atomic mass is 19.1. The molecule has 0 aromatic heterocycles. The maximum Gasteiger partial charge on any atom is 0.1000 e. The summed E-state index contributed by atoms with van der Waals surface area (Å²) >= 11 is 0. The quantitative estimate of drug-likeness (QED) is 0.483. The first-order valence-electron chi connectivity index (χ1n) is 2.04. The number of allylic oxidation sites excluding steroid dienone is 1. The summed E-state index contributed by atoms with van der Waals surface area (Å²) in [7, 11) is 0. The second kappa shape index (κ2) is 2.88. The van der Waals surface area contributed by atoms with E-state index in [1.54, 1.807) is 0 Å². The van der Waals surface area contributed by atoms with Crippen molar-refractivity contribution in [2.24, 2.45) is 0 Å². The zero-order valence-electron chi connectivity index (χ0n) is 3.87. The SMILES string of the molecule is [CH]=C(F)CCC. The molecule has 0 rings (SSSR count). The smallest absolute Gasteiger partial charge is 0.1000 e. The van der Waals surface area contributed by atoms with Crippen LogP contribution < -0.4 is 0 Å².